The molecule has 1 heterocycles. The van der Waals surface area contributed by atoms with Crippen LogP contribution in [0.15, 0.2) is 24.3 Å². The van der Waals surface area contributed by atoms with E-state index in [-0.39, 0.29) is 0 Å². The average Bonchev–Trinajstić information content (AvgIpc) is 2.89. The van der Waals surface area contributed by atoms with Gasteiger partial charge in [0.1, 0.15) is 0 Å². The lowest BCUT2D eigenvalue weighted by atomic mass is 10.1. The van der Waals surface area contributed by atoms with Crippen LogP contribution in [0.1, 0.15) is 17.5 Å². The molecule has 0 spiro atoms. The van der Waals surface area contributed by atoms with Crippen molar-refractivity contribution in [2.24, 2.45) is 5.92 Å². The second-order valence-electron chi connectivity index (χ2n) is 4.91. The first-order valence-electron chi connectivity index (χ1n) is 6.77. The highest BCUT2D eigenvalue weighted by atomic mass is 32.2. The number of benzene rings is 1. The van der Waals surface area contributed by atoms with Gasteiger partial charge < -0.3 is 10.1 Å². The normalized spacial score (nSPS) is 19.3. The average molecular weight is 265 g/mol. The summed E-state index contributed by atoms with van der Waals surface area (Å²) in [6.45, 7) is 6.31. The first kappa shape index (κ1) is 13.9. The molecule has 1 fully saturated rings. The van der Waals surface area contributed by atoms with Crippen molar-refractivity contribution in [2.75, 3.05) is 32.1 Å². The van der Waals surface area contributed by atoms with Crippen LogP contribution in [-0.4, -0.2) is 32.1 Å². The fourth-order valence-electron chi connectivity index (χ4n) is 2.15. The first-order valence-corrected chi connectivity index (χ1v) is 7.92. The Bertz CT molecular complexity index is 350. The second kappa shape index (κ2) is 7.82. The lowest BCUT2D eigenvalue weighted by molar-refractivity contribution is 0.185. The third-order valence-corrected chi connectivity index (χ3v) is 4.41. The number of hydrogen-bond donors (Lipinski definition) is 1. The second-order valence-corrected chi connectivity index (χ2v) is 6.02. The van der Waals surface area contributed by atoms with Gasteiger partial charge in [-0.1, -0.05) is 24.3 Å². The van der Waals surface area contributed by atoms with Gasteiger partial charge in [-0.3, -0.25) is 0 Å². The van der Waals surface area contributed by atoms with Gasteiger partial charge in [0.25, 0.3) is 0 Å². The third kappa shape index (κ3) is 4.63. The molecule has 1 unspecified atom stereocenters. The Morgan fingerprint density at radius 2 is 2.28 bits per heavy atom. The maximum absolute atomic E-state index is 5.36. The number of rotatable bonds is 7. The lowest BCUT2D eigenvalue weighted by Gasteiger charge is -2.09. The molecule has 0 aromatic heterocycles. The van der Waals surface area contributed by atoms with Gasteiger partial charge in [-0.25, -0.2) is 0 Å². The van der Waals surface area contributed by atoms with Crippen LogP contribution in [0.25, 0.3) is 0 Å². The Morgan fingerprint density at radius 1 is 1.39 bits per heavy atom. The minimum absolute atomic E-state index is 0.742. The van der Waals surface area contributed by atoms with Crippen LogP contribution in [0.2, 0.25) is 0 Å². The molecule has 1 N–H and O–H groups in total. The maximum Gasteiger partial charge on any atom is 0.0507 e. The van der Waals surface area contributed by atoms with E-state index in [1.54, 1.807) is 0 Å². The summed E-state index contributed by atoms with van der Waals surface area (Å²) in [5, 5.41) is 3.53. The van der Waals surface area contributed by atoms with E-state index in [2.05, 4.69) is 36.5 Å². The zero-order valence-electron chi connectivity index (χ0n) is 11.2. The molecule has 1 atom stereocenters. The van der Waals surface area contributed by atoms with Crippen molar-refractivity contribution in [2.45, 2.75) is 19.1 Å². The highest BCUT2D eigenvalue weighted by molar-refractivity contribution is 7.98. The Morgan fingerprint density at radius 3 is 3.06 bits per heavy atom. The first-order chi connectivity index (χ1) is 8.86. The van der Waals surface area contributed by atoms with Gasteiger partial charge in [0.15, 0.2) is 0 Å². The predicted molar refractivity (Wildman–Crippen MR) is 79.1 cm³/mol. The molecule has 3 heteroatoms. The van der Waals surface area contributed by atoms with E-state index in [9.17, 15) is 0 Å². The highest BCUT2D eigenvalue weighted by Gasteiger charge is 2.14. The lowest BCUT2D eigenvalue weighted by Crippen LogP contribution is -2.25. The summed E-state index contributed by atoms with van der Waals surface area (Å²) in [6.07, 6.45) is 1.23. The minimum atomic E-state index is 0.742. The van der Waals surface area contributed by atoms with Gasteiger partial charge in [-0.15, -0.1) is 0 Å². The molecule has 1 aliphatic rings. The monoisotopic (exact) mass is 265 g/mol. The van der Waals surface area contributed by atoms with E-state index in [1.165, 1.54) is 23.3 Å². The quantitative estimate of drug-likeness (QED) is 0.766. The van der Waals surface area contributed by atoms with E-state index >= 15 is 0 Å². The van der Waals surface area contributed by atoms with Crippen molar-refractivity contribution < 1.29 is 4.74 Å². The van der Waals surface area contributed by atoms with Gasteiger partial charge in [0.2, 0.25) is 0 Å². The van der Waals surface area contributed by atoms with Crippen molar-refractivity contribution in [1.29, 1.82) is 0 Å². The molecular weight excluding hydrogens is 242 g/mol. The molecule has 0 bridgehead atoms. The number of nitrogens with one attached hydrogen (secondary N) is 1. The zero-order valence-corrected chi connectivity index (χ0v) is 12.0. The van der Waals surface area contributed by atoms with Crippen molar-refractivity contribution in [1.82, 2.24) is 5.32 Å². The van der Waals surface area contributed by atoms with Crippen LogP contribution in [0, 0.1) is 12.8 Å². The van der Waals surface area contributed by atoms with E-state index in [1.807, 2.05) is 11.8 Å². The Kier molecular flexibility index (Phi) is 6.05. The SMILES string of the molecule is Cc1ccccc1CSCCNCC1CCOC1. The molecule has 18 heavy (non-hydrogen) atoms. The summed E-state index contributed by atoms with van der Waals surface area (Å²) in [7, 11) is 0. The van der Waals surface area contributed by atoms with Crippen LogP contribution < -0.4 is 5.32 Å². The number of ether oxygens (including phenoxy) is 1. The van der Waals surface area contributed by atoms with Crippen molar-refractivity contribution >= 4 is 11.8 Å². The van der Waals surface area contributed by atoms with Gasteiger partial charge in [-0.2, -0.15) is 11.8 Å². The molecule has 1 aliphatic heterocycles. The molecule has 0 amide bonds. The fourth-order valence-corrected chi connectivity index (χ4v) is 3.13. The topological polar surface area (TPSA) is 21.3 Å². The van der Waals surface area contributed by atoms with E-state index in [0.29, 0.717) is 0 Å². The molecule has 1 aromatic rings. The van der Waals surface area contributed by atoms with Crippen LogP contribution >= 0.6 is 11.8 Å². The van der Waals surface area contributed by atoms with Crippen molar-refractivity contribution in [3.05, 3.63) is 35.4 Å². The molecule has 1 aromatic carbocycles. The van der Waals surface area contributed by atoms with Gasteiger partial charge in [0, 0.05) is 31.2 Å². The predicted octanol–water partition coefficient (Wildman–Crippen LogP) is 2.85. The highest BCUT2D eigenvalue weighted by Crippen LogP contribution is 2.15. The molecular formula is C15H23NOS. The van der Waals surface area contributed by atoms with Crippen molar-refractivity contribution in [3.63, 3.8) is 0 Å². The molecule has 100 valence electrons. The standard InChI is InChI=1S/C15H23NOS/c1-13-4-2-3-5-15(13)12-18-9-7-16-10-14-6-8-17-11-14/h2-5,14,16H,6-12H2,1H3. The third-order valence-electron chi connectivity index (χ3n) is 3.40. The smallest absolute Gasteiger partial charge is 0.0507 e. The Labute approximate surface area is 114 Å². The molecule has 0 radical (unpaired) electrons. The number of aryl methyl sites for hydroxylation is 1. The summed E-state index contributed by atoms with van der Waals surface area (Å²) in [6, 6.07) is 8.65. The largest absolute Gasteiger partial charge is 0.381 e. The van der Waals surface area contributed by atoms with Crippen LogP contribution in [0.5, 0.6) is 0 Å². The van der Waals surface area contributed by atoms with Crippen molar-refractivity contribution in [3.8, 4) is 0 Å². The molecule has 0 saturated carbocycles. The Balaban J connectivity index is 1.52. The summed E-state index contributed by atoms with van der Waals surface area (Å²) < 4.78 is 5.36. The fraction of sp³-hybridized carbons (Fsp3) is 0.600. The van der Waals surface area contributed by atoms with E-state index < -0.39 is 0 Å². The summed E-state index contributed by atoms with van der Waals surface area (Å²) in [5.74, 6) is 3.05. The van der Waals surface area contributed by atoms with Gasteiger partial charge >= 0.3 is 0 Å². The Hall–Kier alpha value is -0.510. The van der Waals surface area contributed by atoms with Crippen LogP contribution in [0.4, 0.5) is 0 Å². The van der Waals surface area contributed by atoms with Crippen LogP contribution in [0.3, 0.4) is 0 Å². The van der Waals surface area contributed by atoms with Crippen LogP contribution in [-0.2, 0) is 10.5 Å². The number of thioether (sulfide) groups is 1. The molecule has 0 aliphatic carbocycles. The molecule has 2 nitrogen and oxygen atoms in total. The van der Waals surface area contributed by atoms with E-state index in [4.69, 9.17) is 4.74 Å². The summed E-state index contributed by atoms with van der Waals surface area (Å²) in [5.41, 5.74) is 2.87. The zero-order chi connectivity index (χ0) is 12.6. The summed E-state index contributed by atoms with van der Waals surface area (Å²) >= 11 is 2.01. The minimum Gasteiger partial charge on any atom is -0.381 e. The summed E-state index contributed by atoms with van der Waals surface area (Å²) in [4.78, 5) is 0. The van der Waals surface area contributed by atoms with E-state index in [0.717, 1.165) is 38.0 Å². The maximum atomic E-state index is 5.36. The van der Waals surface area contributed by atoms with Gasteiger partial charge in [0.05, 0.1) is 6.61 Å². The molecule has 2 rings (SSSR count). The van der Waals surface area contributed by atoms with Gasteiger partial charge in [-0.05, 0) is 30.4 Å². The number of hydrogen-bond acceptors (Lipinski definition) is 3. The molecule has 1 saturated heterocycles.